The average Bonchev–Trinajstić information content (AvgIpc) is 3.51. The van der Waals surface area contributed by atoms with Gasteiger partial charge < -0.3 is 29.0 Å². The lowest BCUT2D eigenvalue weighted by molar-refractivity contribution is -0.148. The number of carbonyl (C=O) groups excluding carboxylic acids is 1. The van der Waals surface area contributed by atoms with Crippen LogP contribution in [0.3, 0.4) is 0 Å². The highest BCUT2D eigenvalue weighted by atomic mass is 19.4. The van der Waals surface area contributed by atoms with Gasteiger partial charge in [-0.15, -0.1) is 0 Å². The van der Waals surface area contributed by atoms with Crippen LogP contribution in [-0.4, -0.2) is 89.5 Å². The molecule has 0 amide bonds. The maximum absolute atomic E-state index is 13.9. The number of hydrogen-bond donors (Lipinski definition) is 1. The molecule has 49 heavy (non-hydrogen) atoms. The molecule has 1 saturated heterocycles. The van der Waals surface area contributed by atoms with Crippen LogP contribution in [0, 0.1) is 11.3 Å². The van der Waals surface area contributed by atoms with Crippen molar-refractivity contribution in [2.24, 2.45) is 11.3 Å². The largest absolute Gasteiger partial charge is 0.478 e. The molecule has 0 radical (unpaired) electrons. The predicted molar refractivity (Wildman–Crippen MR) is 177 cm³/mol. The minimum atomic E-state index is -4.68. The molecule has 5 heterocycles. The summed E-state index contributed by atoms with van der Waals surface area (Å²) >= 11 is 0. The topological polar surface area (TPSA) is 131 Å². The van der Waals surface area contributed by atoms with Gasteiger partial charge in [0.1, 0.15) is 22.7 Å². The molecule has 0 aromatic carbocycles. The Morgan fingerprint density at radius 3 is 2.43 bits per heavy atom. The molecule has 2 fully saturated rings. The minimum absolute atomic E-state index is 0.0313. The molecule has 0 unspecified atom stereocenters. The van der Waals surface area contributed by atoms with Crippen molar-refractivity contribution < 1.29 is 32.2 Å². The van der Waals surface area contributed by atoms with Crippen molar-refractivity contribution in [1.29, 1.82) is 0 Å². The van der Waals surface area contributed by atoms with E-state index in [4.69, 9.17) is 24.2 Å². The normalized spacial score (nSPS) is 16.4. The number of piperidine rings is 1. The number of imidazole rings is 1. The van der Waals surface area contributed by atoms with Gasteiger partial charge in [0.15, 0.2) is 11.5 Å². The molecule has 0 spiro atoms. The van der Waals surface area contributed by atoms with Gasteiger partial charge in [-0.05, 0) is 51.7 Å². The summed E-state index contributed by atoms with van der Waals surface area (Å²) in [6.45, 7) is 6.61. The Balaban J connectivity index is 1.35. The summed E-state index contributed by atoms with van der Waals surface area (Å²) in [6.07, 6.45) is 3.12. The van der Waals surface area contributed by atoms with Crippen molar-refractivity contribution in [1.82, 2.24) is 29.9 Å². The highest BCUT2D eigenvalue weighted by molar-refractivity contribution is 5.91. The second-order valence-electron chi connectivity index (χ2n) is 12.7. The van der Waals surface area contributed by atoms with E-state index in [-0.39, 0.29) is 35.4 Å². The summed E-state index contributed by atoms with van der Waals surface area (Å²) in [5.41, 5.74) is 1.54. The Morgan fingerprint density at radius 2 is 1.82 bits per heavy atom. The first-order chi connectivity index (χ1) is 23.5. The van der Waals surface area contributed by atoms with Gasteiger partial charge in [0.05, 0.1) is 49.5 Å². The van der Waals surface area contributed by atoms with E-state index < -0.39 is 11.9 Å². The van der Waals surface area contributed by atoms with Crippen LogP contribution >= 0.6 is 0 Å². The van der Waals surface area contributed by atoms with Crippen molar-refractivity contribution in [2.45, 2.75) is 52.1 Å². The van der Waals surface area contributed by atoms with Gasteiger partial charge >= 0.3 is 12.1 Å². The van der Waals surface area contributed by atoms with Gasteiger partial charge in [-0.2, -0.15) is 13.2 Å². The van der Waals surface area contributed by atoms with E-state index in [9.17, 15) is 18.0 Å². The Hall–Kier alpha value is -4.53. The monoisotopic (exact) mass is 682 g/mol. The number of halogens is 3. The number of H-pyrrole nitrogens is 1. The zero-order valence-electron chi connectivity index (χ0n) is 28.1. The zero-order chi connectivity index (χ0) is 34.8. The number of hydrogen-bond acceptors (Lipinski definition) is 11. The van der Waals surface area contributed by atoms with Crippen molar-refractivity contribution in [3.05, 3.63) is 36.3 Å². The summed E-state index contributed by atoms with van der Waals surface area (Å²) in [4.78, 5) is 42.1. The molecular weight excluding hydrogens is 641 g/mol. The number of ether oxygens (including phenoxy) is 3. The van der Waals surface area contributed by atoms with Crippen molar-refractivity contribution >= 4 is 28.6 Å². The van der Waals surface area contributed by atoms with E-state index in [1.165, 1.54) is 6.07 Å². The highest BCUT2D eigenvalue weighted by Crippen LogP contribution is 2.43. The summed E-state index contributed by atoms with van der Waals surface area (Å²) in [6, 6.07) is 4.21. The summed E-state index contributed by atoms with van der Waals surface area (Å²) in [7, 11) is 3.65. The lowest BCUT2D eigenvalue weighted by atomic mass is 9.69. The number of esters is 1. The smallest absolute Gasteiger partial charge is 0.433 e. The predicted octanol–water partition coefficient (Wildman–Crippen LogP) is 5.93. The number of fused-ring (bicyclic) bond motifs is 1. The van der Waals surface area contributed by atoms with Crippen molar-refractivity contribution in [3.8, 4) is 28.7 Å². The molecule has 0 bridgehead atoms. The number of nitrogens with zero attached hydrogens (tertiary/aromatic N) is 7. The Labute approximate surface area is 282 Å². The lowest BCUT2D eigenvalue weighted by Gasteiger charge is -2.44. The van der Waals surface area contributed by atoms with Crippen molar-refractivity contribution in [3.63, 3.8) is 0 Å². The molecule has 262 valence electrons. The first kappa shape index (κ1) is 34.3. The van der Waals surface area contributed by atoms with Crippen LogP contribution < -0.4 is 14.5 Å². The number of aromatic amines is 1. The first-order valence-electron chi connectivity index (χ1n) is 16.6. The van der Waals surface area contributed by atoms with Gasteiger partial charge in [0, 0.05) is 50.8 Å². The van der Waals surface area contributed by atoms with Crippen LogP contribution in [0.15, 0.2) is 30.6 Å². The number of anilines is 2. The Bertz CT molecular complexity index is 1770. The molecule has 4 aromatic heterocycles. The zero-order valence-corrected chi connectivity index (χ0v) is 28.1. The molecular formula is C34H41F3N8O4. The van der Waals surface area contributed by atoms with E-state index >= 15 is 0 Å². The second kappa shape index (κ2) is 14.1. The summed E-state index contributed by atoms with van der Waals surface area (Å²) in [5, 5.41) is 0. The fraction of sp³-hybridized carbons (Fsp3) is 0.529. The van der Waals surface area contributed by atoms with Crippen LogP contribution in [-0.2, 0) is 20.4 Å². The van der Waals surface area contributed by atoms with Gasteiger partial charge in [-0.3, -0.25) is 4.79 Å². The van der Waals surface area contributed by atoms with E-state index in [0.29, 0.717) is 79.9 Å². The highest BCUT2D eigenvalue weighted by Gasteiger charge is 2.39. The maximum atomic E-state index is 13.9. The molecule has 1 N–H and O–H groups in total. The van der Waals surface area contributed by atoms with Crippen LogP contribution in [0.1, 0.15) is 51.6 Å². The molecule has 6 rings (SSSR count). The van der Waals surface area contributed by atoms with E-state index in [1.54, 1.807) is 39.4 Å². The third-order valence-corrected chi connectivity index (χ3v) is 9.29. The van der Waals surface area contributed by atoms with E-state index in [0.717, 1.165) is 31.0 Å². The second-order valence-corrected chi connectivity index (χ2v) is 12.7. The number of nitrogens with one attached hydrogen (secondary N) is 1. The number of carbonyl (C=O) groups is 1. The third-order valence-electron chi connectivity index (χ3n) is 9.29. The van der Waals surface area contributed by atoms with Gasteiger partial charge in [0.25, 0.3) is 0 Å². The van der Waals surface area contributed by atoms with Crippen LogP contribution in [0.5, 0.6) is 5.88 Å². The molecule has 1 saturated carbocycles. The van der Waals surface area contributed by atoms with E-state index in [2.05, 4.69) is 29.7 Å². The van der Waals surface area contributed by atoms with Gasteiger partial charge in [0.2, 0.25) is 5.88 Å². The standard InChI is InChI=1S/C34H41F3N8O4/c1-5-48-28-15-22(14-26(41-28)34(35,36)37)23-16-25(44(3)19-33(20-47-4)10-7-11-33)29-31(40-23)43-30(42-29)24-17-39-27(18-38-24)45-12-8-21(9-13-45)32(46)49-6-2/h14-18,21H,5-13,19-20H2,1-4H3,(H,40,42,43). The summed E-state index contributed by atoms with van der Waals surface area (Å²) < 4.78 is 57.8. The first-order valence-corrected chi connectivity index (χ1v) is 16.6. The molecule has 1 aliphatic heterocycles. The minimum Gasteiger partial charge on any atom is -0.478 e. The van der Waals surface area contributed by atoms with Crippen LogP contribution in [0.2, 0.25) is 0 Å². The molecule has 4 aromatic rings. The molecule has 12 nitrogen and oxygen atoms in total. The van der Waals surface area contributed by atoms with Crippen LogP contribution in [0.25, 0.3) is 33.9 Å². The molecule has 2 aliphatic rings. The number of alkyl halides is 3. The number of rotatable bonds is 12. The Morgan fingerprint density at radius 1 is 1.04 bits per heavy atom. The maximum Gasteiger partial charge on any atom is 0.433 e. The van der Waals surface area contributed by atoms with E-state index in [1.807, 2.05) is 7.05 Å². The average molecular weight is 683 g/mol. The number of pyridine rings is 2. The lowest BCUT2D eigenvalue weighted by Crippen LogP contribution is -2.44. The quantitative estimate of drug-likeness (QED) is 0.179. The SMILES string of the molecule is CCOC(=O)C1CCN(c2cnc(-c3nc4nc(-c5cc(OCC)nc(C(F)(F)F)c5)cc(N(C)CC5(COC)CCC5)c4[nH]3)cn2)CC1. The Kier molecular flexibility index (Phi) is 9.91. The van der Waals surface area contributed by atoms with Gasteiger partial charge in [-0.1, -0.05) is 6.42 Å². The molecule has 15 heteroatoms. The fourth-order valence-electron chi connectivity index (χ4n) is 6.69. The van der Waals surface area contributed by atoms with Gasteiger partial charge in [-0.25, -0.2) is 24.9 Å². The number of aromatic nitrogens is 6. The van der Waals surface area contributed by atoms with Crippen molar-refractivity contribution in [2.75, 3.05) is 63.4 Å². The fourth-order valence-corrected chi connectivity index (χ4v) is 6.69. The van der Waals surface area contributed by atoms with Crippen LogP contribution in [0.4, 0.5) is 24.7 Å². The third kappa shape index (κ3) is 7.41. The summed E-state index contributed by atoms with van der Waals surface area (Å²) in [5.74, 6) is 0.702. The molecule has 0 atom stereocenters. The number of methoxy groups -OCH3 is 1. The molecule has 1 aliphatic carbocycles.